The summed E-state index contributed by atoms with van der Waals surface area (Å²) in [5.74, 6) is 1.13. The molecule has 120 valence electrons. The van der Waals surface area contributed by atoms with E-state index in [4.69, 9.17) is 0 Å². The number of phenolic OH excluding ortho intramolecular Hbond substituents is 1. The highest BCUT2D eigenvalue weighted by molar-refractivity contribution is 5.53. The monoisotopic (exact) mass is 307 g/mol. The van der Waals surface area contributed by atoms with Gasteiger partial charge in [0.15, 0.2) is 0 Å². The summed E-state index contributed by atoms with van der Waals surface area (Å²) < 4.78 is 0. The van der Waals surface area contributed by atoms with Crippen LogP contribution in [0.5, 0.6) is 5.75 Å². The van der Waals surface area contributed by atoms with Gasteiger partial charge in [0.1, 0.15) is 5.75 Å². The average molecular weight is 307 g/mol. The predicted molar refractivity (Wildman–Crippen MR) is 94.9 cm³/mol. The number of para-hydroxylation sites is 1. The van der Waals surface area contributed by atoms with Crippen LogP contribution >= 0.6 is 0 Å². The van der Waals surface area contributed by atoms with Gasteiger partial charge in [0.2, 0.25) is 0 Å². The quantitative estimate of drug-likeness (QED) is 0.836. The zero-order valence-corrected chi connectivity index (χ0v) is 13.6. The van der Waals surface area contributed by atoms with E-state index < -0.39 is 0 Å². The second kappa shape index (κ2) is 6.27. The van der Waals surface area contributed by atoms with E-state index >= 15 is 0 Å². The molecule has 1 aliphatic carbocycles. The molecule has 1 N–H and O–H groups in total. The van der Waals surface area contributed by atoms with Gasteiger partial charge in [-0.15, -0.1) is 0 Å². The van der Waals surface area contributed by atoms with Crippen LogP contribution in [-0.4, -0.2) is 11.7 Å². The van der Waals surface area contributed by atoms with E-state index in [1.165, 1.54) is 48.9 Å². The van der Waals surface area contributed by atoms with Crippen LogP contribution in [0.15, 0.2) is 48.5 Å². The number of phenols is 1. The fourth-order valence-electron chi connectivity index (χ4n) is 4.51. The lowest BCUT2D eigenvalue weighted by Crippen LogP contribution is -2.40. The van der Waals surface area contributed by atoms with Gasteiger partial charge in [0, 0.05) is 12.2 Å². The van der Waals surface area contributed by atoms with Crippen molar-refractivity contribution in [3.05, 3.63) is 59.7 Å². The third kappa shape index (κ3) is 2.83. The van der Waals surface area contributed by atoms with Gasteiger partial charge in [-0.05, 0) is 60.6 Å². The summed E-state index contributed by atoms with van der Waals surface area (Å²) in [6.45, 7) is 1.04. The van der Waals surface area contributed by atoms with Crippen molar-refractivity contribution in [3.8, 4) is 5.75 Å². The second-order valence-electron chi connectivity index (χ2n) is 7.00. The topological polar surface area (TPSA) is 23.5 Å². The van der Waals surface area contributed by atoms with Crippen molar-refractivity contribution in [2.75, 3.05) is 11.4 Å². The van der Waals surface area contributed by atoms with Crippen LogP contribution < -0.4 is 4.90 Å². The molecule has 0 bridgehead atoms. The number of hydrogen-bond donors (Lipinski definition) is 1. The Morgan fingerprint density at radius 2 is 1.70 bits per heavy atom. The van der Waals surface area contributed by atoms with Crippen LogP contribution in [0, 0.1) is 5.92 Å². The third-order valence-corrected chi connectivity index (χ3v) is 5.59. The summed E-state index contributed by atoms with van der Waals surface area (Å²) in [5, 5.41) is 9.85. The molecule has 1 saturated carbocycles. The summed E-state index contributed by atoms with van der Waals surface area (Å²) >= 11 is 0. The van der Waals surface area contributed by atoms with Gasteiger partial charge >= 0.3 is 0 Å². The molecule has 2 aliphatic rings. The summed E-state index contributed by atoms with van der Waals surface area (Å²) in [7, 11) is 0. The molecule has 1 atom stereocenters. The molecule has 0 aromatic heterocycles. The molecule has 2 heteroatoms. The first-order valence-electron chi connectivity index (χ1n) is 8.96. The van der Waals surface area contributed by atoms with Gasteiger partial charge in [-0.25, -0.2) is 0 Å². The lowest BCUT2D eigenvalue weighted by atomic mass is 9.77. The number of anilines is 1. The summed E-state index contributed by atoms with van der Waals surface area (Å²) in [5.41, 5.74) is 4.11. The molecule has 1 heterocycles. The van der Waals surface area contributed by atoms with Crippen molar-refractivity contribution in [2.45, 2.75) is 44.6 Å². The van der Waals surface area contributed by atoms with E-state index in [1.54, 1.807) is 0 Å². The van der Waals surface area contributed by atoms with E-state index in [2.05, 4.69) is 41.3 Å². The number of hydrogen-bond acceptors (Lipinski definition) is 2. The maximum Gasteiger partial charge on any atom is 0.115 e. The molecule has 1 fully saturated rings. The highest BCUT2D eigenvalue weighted by Gasteiger charge is 2.34. The number of fused-ring (bicyclic) bond motifs is 1. The Hall–Kier alpha value is -1.96. The van der Waals surface area contributed by atoms with Crippen molar-refractivity contribution in [1.82, 2.24) is 0 Å². The van der Waals surface area contributed by atoms with Gasteiger partial charge in [0.05, 0.1) is 6.04 Å². The number of nitrogens with zero attached hydrogens (tertiary/aromatic N) is 1. The first-order chi connectivity index (χ1) is 11.3. The maximum absolute atomic E-state index is 9.85. The van der Waals surface area contributed by atoms with E-state index in [9.17, 15) is 5.11 Å². The van der Waals surface area contributed by atoms with Gasteiger partial charge < -0.3 is 10.0 Å². The molecule has 0 saturated heterocycles. The zero-order chi connectivity index (χ0) is 15.6. The Balaban J connectivity index is 1.75. The molecule has 23 heavy (non-hydrogen) atoms. The molecule has 0 amide bonds. The highest BCUT2D eigenvalue weighted by Crippen LogP contribution is 2.44. The average Bonchev–Trinajstić information content (AvgIpc) is 2.62. The Kier molecular flexibility index (Phi) is 3.99. The van der Waals surface area contributed by atoms with Crippen LogP contribution in [0.3, 0.4) is 0 Å². The van der Waals surface area contributed by atoms with E-state index in [0.717, 1.165) is 18.9 Å². The second-order valence-corrected chi connectivity index (χ2v) is 7.00. The third-order valence-electron chi connectivity index (χ3n) is 5.59. The lowest BCUT2D eigenvalue weighted by molar-refractivity contribution is 0.290. The minimum Gasteiger partial charge on any atom is -0.508 e. The van der Waals surface area contributed by atoms with Gasteiger partial charge in [-0.2, -0.15) is 0 Å². The molecule has 1 aliphatic heterocycles. The minimum absolute atomic E-state index is 0.402. The molecule has 4 rings (SSSR count). The number of aromatic hydroxyl groups is 1. The van der Waals surface area contributed by atoms with Crippen LogP contribution in [0.4, 0.5) is 5.69 Å². The van der Waals surface area contributed by atoms with Crippen LogP contribution in [0.2, 0.25) is 0 Å². The first-order valence-corrected chi connectivity index (χ1v) is 8.96. The molecule has 1 unspecified atom stereocenters. The fourth-order valence-corrected chi connectivity index (χ4v) is 4.51. The van der Waals surface area contributed by atoms with E-state index in [-0.39, 0.29) is 0 Å². The van der Waals surface area contributed by atoms with Crippen LogP contribution in [0.1, 0.15) is 49.3 Å². The van der Waals surface area contributed by atoms with Crippen molar-refractivity contribution < 1.29 is 5.11 Å². The van der Waals surface area contributed by atoms with Crippen molar-refractivity contribution in [3.63, 3.8) is 0 Å². The molecular formula is C21H25NO. The SMILES string of the molecule is Oc1ccc2c(c1)CCN(c1ccccc1)C2C1CCCCC1. The van der Waals surface area contributed by atoms with Crippen molar-refractivity contribution in [2.24, 2.45) is 5.92 Å². The normalized spacial score (nSPS) is 21.9. The highest BCUT2D eigenvalue weighted by atomic mass is 16.3. The standard InChI is InChI=1S/C21H25NO/c23-19-11-12-20-17(15-19)13-14-22(18-9-5-2-6-10-18)21(20)16-7-3-1-4-8-16/h2,5-6,9-12,15-16,21,23H,1,3-4,7-8,13-14H2. The maximum atomic E-state index is 9.85. The predicted octanol–water partition coefficient (Wildman–Crippen LogP) is 5.08. The Morgan fingerprint density at radius 1 is 0.913 bits per heavy atom. The molecule has 0 radical (unpaired) electrons. The molecule has 0 spiro atoms. The molecule has 2 nitrogen and oxygen atoms in total. The van der Waals surface area contributed by atoms with Crippen LogP contribution in [0.25, 0.3) is 0 Å². The molecule has 2 aromatic rings. The van der Waals surface area contributed by atoms with E-state index in [0.29, 0.717) is 11.8 Å². The Bertz CT molecular complexity index is 661. The van der Waals surface area contributed by atoms with Gasteiger partial charge in [-0.1, -0.05) is 43.5 Å². The van der Waals surface area contributed by atoms with Gasteiger partial charge in [0.25, 0.3) is 0 Å². The summed E-state index contributed by atoms with van der Waals surface area (Å²) in [6.07, 6.45) is 7.77. The Morgan fingerprint density at radius 3 is 2.48 bits per heavy atom. The molecular weight excluding hydrogens is 282 g/mol. The largest absolute Gasteiger partial charge is 0.508 e. The summed E-state index contributed by atoms with van der Waals surface area (Å²) in [4.78, 5) is 2.61. The molecule has 2 aromatic carbocycles. The fraction of sp³-hybridized carbons (Fsp3) is 0.429. The lowest BCUT2D eigenvalue weighted by Gasteiger charge is -2.44. The summed E-state index contributed by atoms with van der Waals surface area (Å²) in [6, 6.07) is 17.3. The van der Waals surface area contributed by atoms with E-state index in [1.807, 2.05) is 12.1 Å². The van der Waals surface area contributed by atoms with Crippen molar-refractivity contribution >= 4 is 5.69 Å². The Labute approximate surface area is 138 Å². The number of rotatable bonds is 2. The smallest absolute Gasteiger partial charge is 0.115 e. The number of benzene rings is 2. The van der Waals surface area contributed by atoms with Crippen molar-refractivity contribution in [1.29, 1.82) is 0 Å². The minimum atomic E-state index is 0.402. The van der Waals surface area contributed by atoms with Gasteiger partial charge in [-0.3, -0.25) is 0 Å². The van der Waals surface area contributed by atoms with Crippen LogP contribution in [-0.2, 0) is 6.42 Å². The first kappa shape index (κ1) is 14.6. The zero-order valence-electron chi connectivity index (χ0n) is 13.6.